The van der Waals surface area contributed by atoms with Gasteiger partial charge in [0, 0.05) is 24.3 Å². The van der Waals surface area contributed by atoms with E-state index >= 15 is 0 Å². The molecule has 1 aromatic rings. The molecule has 1 saturated heterocycles. The van der Waals surface area contributed by atoms with Gasteiger partial charge in [-0.25, -0.2) is 0 Å². The smallest absolute Gasteiger partial charge is 0.242 e. The normalized spacial score (nSPS) is 21.1. The molecule has 1 aromatic heterocycles. The van der Waals surface area contributed by atoms with Gasteiger partial charge in [-0.05, 0) is 39.8 Å². The van der Waals surface area contributed by atoms with Gasteiger partial charge >= 0.3 is 0 Å². The van der Waals surface area contributed by atoms with Crippen molar-refractivity contribution < 1.29 is 4.79 Å². The third-order valence-electron chi connectivity index (χ3n) is 3.84. The Morgan fingerprint density at radius 1 is 1.33 bits per heavy atom. The van der Waals surface area contributed by atoms with Crippen LogP contribution in [0.2, 0.25) is 0 Å². The maximum atomic E-state index is 12.8. The van der Waals surface area contributed by atoms with Crippen LogP contribution >= 0.6 is 0 Å². The molecule has 0 aliphatic carbocycles. The summed E-state index contributed by atoms with van der Waals surface area (Å²) < 4.78 is 0. The molecule has 4 heteroatoms. The zero-order valence-corrected chi connectivity index (χ0v) is 11.4. The topological polar surface area (TPSA) is 45.2 Å². The van der Waals surface area contributed by atoms with Crippen LogP contribution in [0.15, 0.2) is 12.1 Å². The summed E-state index contributed by atoms with van der Waals surface area (Å²) in [7, 11) is 0. The number of pyridine rings is 1. The zero-order chi connectivity index (χ0) is 13.1. The number of nitrogens with one attached hydrogen (secondary N) is 1. The van der Waals surface area contributed by atoms with Crippen LogP contribution in [-0.2, 0) is 10.2 Å². The highest BCUT2D eigenvalue weighted by atomic mass is 16.2. The summed E-state index contributed by atoms with van der Waals surface area (Å²) in [4.78, 5) is 19.3. The maximum Gasteiger partial charge on any atom is 0.242 e. The number of anilines is 1. The van der Waals surface area contributed by atoms with Crippen LogP contribution in [0.1, 0.15) is 32.2 Å². The summed E-state index contributed by atoms with van der Waals surface area (Å²) in [5.41, 5.74) is 2.31. The summed E-state index contributed by atoms with van der Waals surface area (Å²) in [5.74, 6) is 0.196. The molecule has 3 rings (SSSR count). The predicted molar refractivity (Wildman–Crippen MR) is 70.8 cm³/mol. The Morgan fingerprint density at radius 2 is 2.00 bits per heavy atom. The van der Waals surface area contributed by atoms with E-state index in [2.05, 4.69) is 31.1 Å². The van der Waals surface area contributed by atoms with E-state index in [0.717, 1.165) is 17.1 Å². The summed E-state index contributed by atoms with van der Waals surface area (Å²) in [6.45, 7) is 9.60. The number of aromatic nitrogens is 1. The zero-order valence-electron chi connectivity index (χ0n) is 11.4. The molecule has 0 radical (unpaired) electrons. The van der Waals surface area contributed by atoms with Gasteiger partial charge in [0.1, 0.15) is 5.41 Å². The van der Waals surface area contributed by atoms with Crippen molar-refractivity contribution >= 4 is 11.6 Å². The minimum Gasteiger partial charge on any atom is -0.314 e. The minimum atomic E-state index is -0.408. The van der Waals surface area contributed by atoms with E-state index in [1.165, 1.54) is 0 Å². The largest absolute Gasteiger partial charge is 0.314 e. The predicted octanol–water partition coefficient (Wildman–Crippen LogP) is 1.38. The number of carbonyl (C=O) groups excluding carboxylic acids is 1. The average molecular weight is 245 g/mol. The lowest BCUT2D eigenvalue weighted by atomic mass is 9.79. The Bertz CT molecular complexity index is 526. The van der Waals surface area contributed by atoms with Gasteiger partial charge in [-0.1, -0.05) is 0 Å². The highest BCUT2D eigenvalue weighted by molar-refractivity contribution is 6.09. The first-order chi connectivity index (χ1) is 8.36. The van der Waals surface area contributed by atoms with Crippen molar-refractivity contribution in [3.8, 4) is 0 Å². The number of hydrogen-bond acceptors (Lipinski definition) is 3. The first-order valence-corrected chi connectivity index (χ1v) is 6.40. The SMILES string of the molecule is Cc1ccc2c(n1)C1(CNC1)C(=O)N2C(C)(C)C. The molecule has 0 bridgehead atoms. The van der Waals surface area contributed by atoms with Gasteiger partial charge in [0.05, 0.1) is 11.4 Å². The second kappa shape index (κ2) is 3.32. The van der Waals surface area contributed by atoms with Gasteiger partial charge in [0.2, 0.25) is 5.91 Å². The van der Waals surface area contributed by atoms with Gasteiger partial charge in [-0.3, -0.25) is 9.78 Å². The quantitative estimate of drug-likeness (QED) is 0.751. The Kier molecular flexibility index (Phi) is 2.15. The summed E-state index contributed by atoms with van der Waals surface area (Å²) in [6.07, 6.45) is 0. The fourth-order valence-corrected chi connectivity index (χ4v) is 2.87. The standard InChI is InChI=1S/C14H19N3O/c1-9-5-6-10-11(16-9)14(7-15-8-14)12(18)17(10)13(2,3)4/h5-6,15H,7-8H2,1-4H3. The van der Waals surface area contributed by atoms with E-state index in [1.807, 2.05) is 24.0 Å². The molecule has 1 fully saturated rings. The monoisotopic (exact) mass is 245 g/mol. The van der Waals surface area contributed by atoms with Crippen molar-refractivity contribution in [2.75, 3.05) is 18.0 Å². The van der Waals surface area contributed by atoms with Crippen molar-refractivity contribution in [3.63, 3.8) is 0 Å². The summed E-state index contributed by atoms with van der Waals surface area (Å²) in [6, 6.07) is 4.02. The number of amides is 1. The molecule has 1 spiro atoms. The molecule has 0 saturated carbocycles. The van der Waals surface area contributed by atoms with Crippen LogP contribution in [-0.4, -0.2) is 29.5 Å². The van der Waals surface area contributed by atoms with Crippen LogP contribution in [0.3, 0.4) is 0 Å². The molecule has 18 heavy (non-hydrogen) atoms. The molecule has 96 valence electrons. The number of nitrogens with zero attached hydrogens (tertiary/aromatic N) is 2. The first kappa shape index (κ1) is 11.7. The van der Waals surface area contributed by atoms with Gasteiger partial charge in [-0.2, -0.15) is 0 Å². The fraction of sp³-hybridized carbons (Fsp3) is 0.571. The lowest BCUT2D eigenvalue weighted by Gasteiger charge is -2.39. The number of hydrogen-bond donors (Lipinski definition) is 1. The van der Waals surface area contributed by atoms with E-state index in [0.29, 0.717) is 13.1 Å². The van der Waals surface area contributed by atoms with E-state index in [9.17, 15) is 4.79 Å². The van der Waals surface area contributed by atoms with E-state index < -0.39 is 5.41 Å². The van der Waals surface area contributed by atoms with Crippen LogP contribution in [0.4, 0.5) is 5.69 Å². The molecule has 1 N–H and O–H groups in total. The van der Waals surface area contributed by atoms with Crippen molar-refractivity contribution in [1.82, 2.24) is 10.3 Å². The molecule has 0 aromatic carbocycles. The van der Waals surface area contributed by atoms with Crippen LogP contribution < -0.4 is 10.2 Å². The molecular weight excluding hydrogens is 226 g/mol. The Morgan fingerprint density at radius 3 is 2.50 bits per heavy atom. The van der Waals surface area contributed by atoms with Gasteiger partial charge in [0.15, 0.2) is 0 Å². The third-order valence-corrected chi connectivity index (χ3v) is 3.84. The Balaban J connectivity index is 2.21. The third kappa shape index (κ3) is 1.29. The minimum absolute atomic E-state index is 0.196. The number of aryl methyl sites for hydroxylation is 1. The van der Waals surface area contributed by atoms with Crippen molar-refractivity contribution in [2.45, 2.75) is 38.6 Å². The van der Waals surface area contributed by atoms with E-state index in [4.69, 9.17) is 0 Å². The van der Waals surface area contributed by atoms with Crippen molar-refractivity contribution in [1.29, 1.82) is 0 Å². The highest BCUT2D eigenvalue weighted by Crippen LogP contribution is 2.45. The molecule has 2 aliphatic rings. The van der Waals surface area contributed by atoms with Crippen LogP contribution in [0, 0.1) is 6.92 Å². The Hall–Kier alpha value is -1.42. The molecule has 0 unspecified atom stereocenters. The van der Waals surface area contributed by atoms with Crippen molar-refractivity contribution in [2.24, 2.45) is 0 Å². The van der Waals surface area contributed by atoms with Gasteiger partial charge in [0.25, 0.3) is 0 Å². The lowest BCUT2D eigenvalue weighted by molar-refractivity contribution is -0.125. The molecule has 2 aliphatic heterocycles. The van der Waals surface area contributed by atoms with Gasteiger partial charge < -0.3 is 10.2 Å². The number of rotatable bonds is 0. The van der Waals surface area contributed by atoms with Crippen molar-refractivity contribution in [3.05, 3.63) is 23.5 Å². The molecular formula is C14H19N3O. The summed E-state index contributed by atoms with van der Waals surface area (Å²) in [5, 5.41) is 3.22. The average Bonchev–Trinajstić information content (AvgIpc) is 2.44. The molecule has 4 nitrogen and oxygen atoms in total. The van der Waals surface area contributed by atoms with Gasteiger partial charge in [-0.15, -0.1) is 0 Å². The second-order valence-electron chi connectivity index (χ2n) is 6.32. The summed E-state index contributed by atoms with van der Waals surface area (Å²) >= 11 is 0. The number of fused-ring (bicyclic) bond motifs is 2. The lowest BCUT2D eigenvalue weighted by Crippen LogP contribution is -2.63. The number of carbonyl (C=O) groups is 1. The maximum absolute atomic E-state index is 12.8. The Labute approximate surface area is 107 Å². The fourth-order valence-electron chi connectivity index (χ4n) is 2.87. The van der Waals surface area contributed by atoms with E-state index in [-0.39, 0.29) is 11.4 Å². The first-order valence-electron chi connectivity index (χ1n) is 6.40. The van der Waals surface area contributed by atoms with E-state index in [1.54, 1.807) is 0 Å². The van der Waals surface area contributed by atoms with Crippen LogP contribution in [0.5, 0.6) is 0 Å². The molecule has 3 heterocycles. The van der Waals surface area contributed by atoms with Crippen LogP contribution in [0.25, 0.3) is 0 Å². The molecule has 0 atom stereocenters. The molecule has 1 amide bonds. The second-order valence-corrected chi connectivity index (χ2v) is 6.32. The highest BCUT2D eigenvalue weighted by Gasteiger charge is 2.58.